The van der Waals surface area contributed by atoms with Gasteiger partial charge in [-0.15, -0.1) is 0 Å². The molecule has 5 nitrogen and oxygen atoms in total. The van der Waals surface area contributed by atoms with Crippen LogP contribution in [0.2, 0.25) is 0 Å². The van der Waals surface area contributed by atoms with E-state index in [1.54, 1.807) is 6.21 Å². The largest absolute Gasteiger partial charge is 0.490 e. The third kappa shape index (κ3) is 6.65. The summed E-state index contributed by atoms with van der Waals surface area (Å²) in [7, 11) is 0. The van der Waals surface area contributed by atoms with Gasteiger partial charge in [-0.3, -0.25) is 5.43 Å². The van der Waals surface area contributed by atoms with Gasteiger partial charge < -0.3 is 14.8 Å². The standard InChI is InChI=1S/C19H22BrN3O2S/c1-3-21-19(26)23-22-12-15-7-10-17(18(11-15)24-4-2)25-13-14-5-8-16(20)9-6-14/h5-12H,3-4,13H2,1-2H3,(H2,21,23,26). The quantitative estimate of drug-likeness (QED) is 0.368. The van der Waals surface area contributed by atoms with Crippen molar-refractivity contribution in [1.29, 1.82) is 0 Å². The lowest BCUT2D eigenvalue weighted by Gasteiger charge is -2.12. The third-order valence-corrected chi connectivity index (χ3v) is 4.06. The van der Waals surface area contributed by atoms with E-state index < -0.39 is 0 Å². The van der Waals surface area contributed by atoms with Crippen molar-refractivity contribution in [2.45, 2.75) is 20.5 Å². The van der Waals surface area contributed by atoms with Crippen molar-refractivity contribution < 1.29 is 9.47 Å². The van der Waals surface area contributed by atoms with E-state index in [-0.39, 0.29) is 0 Å². The average Bonchev–Trinajstić information content (AvgIpc) is 2.63. The van der Waals surface area contributed by atoms with Crippen LogP contribution >= 0.6 is 28.1 Å². The van der Waals surface area contributed by atoms with Crippen LogP contribution in [0.15, 0.2) is 52.0 Å². The Bertz CT molecular complexity index is 751. The molecule has 0 spiro atoms. The Hall–Kier alpha value is -2.12. The van der Waals surface area contributed by atoms with Gasteiger partial charge >= 0.3 is 0 Å². The first-order chi connectivity index (χ1) is 12.6. The molecule has 0 heterocycles. The molecule has 2 aromatic carbocycles. The summed E-state index contributed by atoms with van der Waals surface area (Å²) in [6.07, 6.45) is 1.69. The molecule has 0 saturated heterocycles. The molecule has 0 aromatic heterocycles. The normalized spacial score (nSPS) is 10.6. The van der Waals surface area contributed by atoms with Crippen LogP contribution in [-0.4, -0.2) is 24.5 Å². The Balaban J connectivity index is 2.03. The first-order valence-corrected chi connectivity index (χ1v) is 9.53. The smallest absolute Gasteiger partial charge is 0.186 e. The van der Waals surface area contributed by atoms with Crippen molar-refractivity contribution in [3.05, 3.63) is 58.1 Å². The molecule has 0 atom stereocenters. The van der Waals surface area contributed by atoms with Crippen molar-refractivity contribution in [3.8, 4) is 11.5 Å². The first-order valence-electron chi connectivity index (χ1n) is 8.33. The molecule has 2 N–H and O–H groups in total. The highest BCUT2D eigenvalue weighted by Gasteiger charge is 2.06. The van der Waals surface area contributed by atoms with Crippen molar-refractivity contribution in [2.24, 2.45) is 5.10 Å². The van der Waals surface area contributed by atoms with Crippen molar-refractivity contribution in [1.82, 2.24) is 10.7 Å². The zero-order valence-corrected chi connectivity index (χ0v) is 17.2. The van der Waals surface area contributed by atoms with Crippen LogP contribution in [0.3, 0.4) is 0 Å². The number of ether oxygens (including phenoxy) is 2. The summed E-state index contributed by atoms with van der Waals surface area (Å²) in [5, 5.41) is 7.57. The number of thiocarbonyl (C=S) groups is 1. The van der Waals surface area contributed by atoms with Gasteiger partial charge in [-0.25, -0.2) is 0 Å². The van der Waals surface area contributed by atoms with Crippen LogP contribution in [-0.2, 0) is 6.61 Å². The van der Waals surface area contributed by atoms with E-state index in [2.05, 4.69) is 31.8 Å². The van der Waals surface area contributed by atoms with Gasteiger partial charge in [-0.1, -0.05) is 28.1 Å². The highest BCUT2D eigenvalue weighted by Crippen LogP contribution is 2.29. The van der Waals surface area contributed by atoms with E-state index in [0.717, 1.165) is 22.1 Å². The third-order valence-electron chi connectivity index (χ3n) is 3.29. The van der Waals surface area contributed by atoms with Gasteiger partial charge in [0.1, 0.15) is 6.61 Å². The number of nitrogens with one attached hydrogen (secondary N) is 2. The maximum absolute atomic E-state index is 5.91. The maximum Gasteiger partial charge on any atom is 0.186 e. The van der Waals surface area contributed by atoms with Gasteiger partial charge in [0.15, 0.2) is 16.6 Å². The summed E-state index contributed by atoms with van der Waals surface area (Å²) in [4.78, 5) is 0. The Labute approximate surface area is 167 Å². The summed E-state index contributed by atoms with van der Waals surface area (Å²) >= 11 is 8.49. The van der Waals surface area contributed by atoms with Gasteiger partial charge in [0, 0.05) is 11.0 Å². The number of hydrogen-bond acceptors (Lipinski definition) is 4. The zero-order chi connectivity index (χ0) is 18.8. The molecule has 0 aliphatic rings. The Morgan fingerprint density at radius 2 is 1.88 bits per heavy atom. The number of rotatable bonds is 8. The molecule has 0 amide bonds. The molecule has 2 aromatic rings. The van der Waals surface area contributed by atoms with E-state index >= 15 is 0 Å². The first kappa shape index (κ1) is 20.2. The number of benzene rings is 2. The lowest BCUT2D eigenvalue weighted by Crippen LogP contribution is -2.31. The van der Waals surface area contributed by atoms with Crippen molar-refractivity contribution in [2.75, 3.05) is 13.2 Å². The van der Waals surface area contributed by atoms with Crippen LogP contribution in [0.1, 0.15) is 25.0 Å². The van der Waals surface area contributed by atoms with Gasteiger partial charge in [0.05, 0.1) is 12.8 Å². The second-order valence-electron chi connectivity index (χ2n) is 5.28. The van der Waals surface area contributed by atoms with Crippen molar-refractivity contribution in [3.63, 3.8) is 0 Å². The molecular formula is C19H22BrN3O2S. The van der Waals surface area contributed by atoms with Gasteiger partial charge in [0.2, 0.25) is 0 Å². The summed E-state index contributed by atoms with van der Waals surface area (Å²) in [5.74, 6) is 1.38. The van der Waals surface area contributed by atoms with Crippen LogP contribution in [0.25, 0.3) is 0 Å². The minimum absolute atomic E-state index is 0.472. The Morgan fingerprint density at radius 1 is 1.12 bits per heavy atom. The summed E-state index contributed by atoms with van der Waals surface area (Å²) in [6.45, 7) is 5.69. The predicted octanol–water partition coefficient (Wildman–Crippen LogP) is 4.24. The highest BCUT2D eigenvalue weighted by molar-refractivity contribution is 9.10. The molecule has 26 heavy (non-hydrogen) atoms. The fourth-order valence-electron chi connectivity index (χ4n) is 2.10. The van der Waals surface area contributed by atoms with Gasteiger partial charge in [0.25, 0.3) is 0 Å². The molecule has 2 rings (SSSR count). The van der Waals surface area contributed by atoms with Crippen LogP contribution < -0.4 is 20.2 Å². The Kier molecular flexibility index (Phi) is 8.37. The lowest BCUT2D eigenvalue weighted by atomic mass is 10.2. The van der Waals surface area contributed by atoms with Crippen molar-refractivity contribution >= 4 is 39.5 Å². The number of nitrogens with zero attached hydrogens (tertiary/aromatic N) is 1. The molecule has 138 valence electrons. The average molecular weight is 436 g/mol. The molecule has 0 aliphatic heterocycles. The Morgan fingerprint density at radius 3 is 2.58 bits per heavy atom. The van der Waals surface area contributed by atoms with Crippen LogP contribution in [0.5, 0.6) is 11.5 Å². The fourth-order valence-corrected chi connectivity index (χ4v) is 2.56. The van der Waals surface area contributed by atoms with Crippen LogP contribution in [0, 0.1) is 0 Å². The van der Waals surface area contributed by atoms with E-state index in [9.17, 15) is 0 Å². The van der Waals surface area contributed by atoms with Crippen LogP contribution in [0.4, 0.5) is 0 Å². The molecule has 0 bridgehead atoms. The van der Waals surface area contributed by atoms with Gasteiger partial charge in [-0.05, 0) is 67.5 Å². The maximum atomic E-state index is 5.91. The molecule has 0 unspecified atom stereocenters. The lowest BCUT2D eigenvalue weighted by molar-refractivity contribution is 0.269. The molecule has 0 saturated carbocycles. The van der Waals surface area contributed by atoms with Gasteiger partial charge in [-0.2, -0.15) is 5.10 Å². The summed E-state index contributed by atoms with van der Waals surface area (Å²) in [6, 6.07) is 13.7. The SMILES string of the molecule is CCNC(=S)NN=Cc1ccc(OCc2ccc(Br)cc2)c(OCC)c1. The number of halogens is 1. The van der Waals surface area contributed by atoms with E-state index in [0.29, 0.717) is 29.8 Å². The molecule has 0 radical (unpaired) electrons. The number of hydrogen-bond donors (Lipinski definition) is 2. The topological polar surface area (TPSA) is 54.9 Å². The minimum atomic E-state index is 0.472. The van der Waals surface area contributed by atoms with E-state index in [1.807, 2.05) is 56.3 Å². The molecule has 0 fully saturated rings. The monoisotopic (exact) mass is 435 g/mol. The number of hydrazone groups is 1. The summed E-state index contributed by atoms with van der Waals surface area (Å²) < 4.78 is 12.7. The van der Waals surface area contributed by atoms with E-state index in [4.69, 9.17) is 21.7 Å². The fraction of sp³-hybridized carbons (Fsp3) is 0.263. The zero-order valence-electron chi connectivity index (χ0n) is 14.8. The second-order valence-corrected chi connectivity index (χ2v) is 6.61. The second kappa shape index (κ2) is 10.8. The summed E-state index contributed by atoms with van der Waals surface area (Å²) in [5.41, 5.74) is 4.73. The molecule has 7 heteroatoms. The predicted molar refractivity (Wildman–Crippen MR) is 113 cm³/mol. The highest BCUT2D eigenvalue weighted by atomic mass is 79.9. The minimum Gasteiger partial charge on any atom is -0.490 e. The molecular weight excluding hydrogens is 414 g/mol. The van der Waals surface area contributed by atoms with E-state index in [1.165, 1.54) is 0 Å². The molecule has 0 aliphatic carbocycles.